The predicted octanol–water partition coefficient (Wildman–Crippen LogP) is 3.20. The van der Waals surface area contributed by atoms with Crippen molar-refractivity contribution in [3.05, 3.63) is 59.9 Å². The molecule has 2 rings (SSSR count). The number of aromatic nitrogens is 1. The Kier molecular flexibility index (Phi) is 3.95. The first-order valence-corrected chi connectivity index (χ1v) is 6.11. The fourth-order valence-electron chi connectivity index (χ4n) is 1.96. The fourth-order valence-corrected chi connectivity index (χ4v) is 1.96. The fraction of sp³-hybridized carbons (Fsp3) is 0.267. The van der Waals surface area contributed by atoms with Crippen LogP contribution in [0.25, 0.3) is 0 Å². The van der Waals surface area contributed by atoms with E-state index >= 15 is 0 Å². The van der Waals surface area contributed by atoms with Crippen LogP contribution in [0, 0.1) is 0 Å². The first kappa shape index (κ1) is 12.6. The van der Waals surface area contributed by atoms with Crippen molar-refractivity contribution in [2.45, 2.75) is 25.9 Å². The second-order valence-electron chi connectivity index (χ2n) is 4.49. The zero-order valence-electron chi connectivity index (χ0n) is 10.7. The molecule has 2 aromatic rings. The minimum atomic E-state index is 0.223. The molecule has 1 heterocycles. The van der Waals surface area contributed by atoms with Gasteiger partial charge < -0.3 is 10.4 Å². The molecule has 0 saturated carbocycles. The smallest absolute Gasteiger partial charge is 0.115 e. The Morgan fingerprint density at radius 2 is 1.67 bits per heavy atom. The summed E-state index contributed by atoms with van der Waals surface area (Å²) in [5.41, 5.74) is 2.33. The third kappa shape index (κ3) is 3.08. The molecule has 0 fully saturated rings. The van der Waals surface area contributed by atoms with E-state index < -0.39 is 0 Å². The van der Waals surface area contributed by atoms with Gasteiger partial charge in [-0.15, -0.1) is 0 Å². The Balaban J connectivity index is 2.03. The number of nitrogens with zero attached hydrogens (tertiary/aromatic N) is 1. The van der Waals surface area contributed by atoms with E-state index in [0.29, 0.717) is 5.75 Å². The van der Waals surface area contributed by atoms with E-state index in [1.807, 2.05) is 24.4 Å². The topological polar surface area (TPSA) is 45.2 Å². The van der Waals surface area contributed by atoms with E-state index in [2.05, 4.69) is 30.2 Å². The molecule has 0 bridgehead atoms. The maximum atomic E-state index is 9.27. The number of aromatic hydroxyl groups is 1. The highest BCUT2D eigenvalue weighted by Gasteiger charge is 2.10. The molecule has 0 aliphatic rings. The molecule has 0 spiro atoms. The minimum Gasteiger partial charge on any atom is -0.508 e. The Bertz CT molecular complexity index is 482. The number of rotatable bonds is 4. The van der Waals surface area contributed by atoms with Crippen LogP contribution in [0.1, 0.15) is 37.1 Å². The van der Waals surface area contributed by atoms with Gasteiger partial charge in [0.05, 0.1) is 0 Å². The van der Waals surface area contributed by atoms with Gasteiger partial charge in [0.1, 0.15) is 5.75 Å². The largest absolute Gasteiger partial charge is 0.508 e. The van der Waals surface area contributed by atoms with Gasteiger partial charge in [0.2, 0.25) is 0 Å². The molecule has 2 N–H and O–H groups in total. The molecule has 1 aromatic heterocycles. The number of nitrogens with one attached hydrogen (secondary N) is 1. The van der Waals surface area contributed by atoms with E-state index in [1.54, 1.807) is 18.3 Å². The van der Waals surface area contributed by atoms with Gasteiger partial charge in [-0.1, -0.05) is 18.2 Å². The lowest BCUT2D eigenvalue weighted by Gasteiger charge is -2.20. The van der Waals surface area contributed by atoms with Crippen LogP contribution in [0.5, 0.6) is 5.75 Å². The second kappa shape index (κ2) is 5.65. The van der Waals surface area contributed by atoms with Gasteiger partial charge in [-0.05, 0) is 43.2 Å². The van der Waals surface area contributed by atoms with Gasteiger partial charge in [-0.2, -0.15) is 0 Å². The predicted molar refractivity (Wildman–Crippen MR) is 72.3 cm³/mol. The average molecular weight is 242 g/mol. The van der Waals surface area contributed by atoms with Gasteiger partial charge in [0.25, 0.3) is 0 Å². The summed E-state index contributed by atoms with van der Waals surface area (Å²) < 4.78 is 0. The van der Waals surface area contributed by atoms with Crippen molar-refractivity contribution in [3.8, 4) is 5.75 Å². The number of phenolic OH excluding ortho intramolecular Hbond substituents is 1. The number of pyridine rings is 1. The van der Waals surface area contributed by atoms with E-state index in [4.69, 9.17) is 0 Å². The van der Waals surface area contributed by atoms with Crippen LogP contribution in [-0.4, -0.2) is 10.1 Å². The summed E-state index contributed by atoms with van der Waals surface area (Å²) in [5, 5.41) is 12.8. The average Bonchev–Trinajstić information content (AvgIpc) is 2.40. The first-order chi connectivity index (χ1) is 8.66. The van der Waals surface area contributed by atoms with Gasteiger partial charge in [0, 0.05) is 24.5 Å². The van der Waals surface area contributed by atoms with Crippen LogP contribution < -0.4 is 5.32 Å². The van der Waals surface area contributed by atoms with Gasteiger partial charge in [-0.3, -0.25) is 4.98 Å². The minimum absolute atomic E-state index is 0.223. The maximum Gasteiger partial charge on any atom is 0.115 e. The molecular formula is C15H18N2O. The van der Waals surface area contributed by atoms with Crippen LogP contribution in [0.2, 0.25) is 0 Å². The molecule has 3 heteroatoms. The molecule has 1 aromatic carbocycles. The summed E-state index contributed by atoms with van der Waals surface area (Å²) in [6.45, 7) is 4.23. The lowest BCUT2D eigenvalue weighted by molar-refractivity contribution is 0.472. The Hall–Kier alpha value is -1.87. The van der Waals surface area contributed by atoms with E-state index in [-0.39, 0.29) is 12.1 Å². The van der Waals surface area contributed by atoms with Crippen molar-refractivity contribution in [2.75, 3.05) is 0 Å². The van der Waals surface area contributed by atoms with Crippen LogP contribution in [-0.2, 0) is 0 Å². The number of benzene rings is 1. The van der Waals surface area contributed by atoms with Crippen LogP contribution >= 0.6 is 0 Å². The highest BCUT2D eigenvalue weighted by Crippen LogP contribution is 2.20. The van der Waals surface area contributed by atoms with Gasteiger partial charge in [-0.25, -0.2) is 0 Å². The van der Waals surface area contributed by atoms with E-state index in [1.165, 1.54) is 5.56 Å². The molecule has 18 heavy (non-hydrogen) atoms. The highest BCUT2D eigenvalue weighted by molar-refractivity contribution is 5.28. The molecule has 2 unspecified atom stereocenters. The van der Waals surface area contributed by atoms with Gasteiger partial charge in [0.15, 0.2) is 0 Å². The van der Waals surface area contributed by atoms with Crippen molar-refractivity contribution in [2.24, 2.45) is 0 Å². The number of hydrogen-bond acceptors (Lipinski definition) is 3. The van der Waals surface area contributed by atoms with E-state index in [0.717, 1.165) is 5.56 Å². The SMILES string of the molecule is CC(NC(C)c1cccnc1)c1ccc(O)cc1. The second-order valence-corrected chi connectivity index (χ2v) is 4.49. The normalized spacial score (nSPS) is 14.1. The molecule has 94 valence electrons. The lowest BCUT2D eigenvalue weighted by Crippen LogP contribution is -2.22. The molecule has 0 amide bonds. The molecule has 0 aliphatic heterocycles. The first-order valence-electron chi connectivity index (χ1n) is 6.11. The molecular weight excluding hydrogens is 224 g/mol. The Labute approximate surface area is 108 Å². The van der Waals surface area contributed by atoms with Crippen LogP contribution in [0.3, 0.4) is 0 Å². The van der Waals surface area contributed by atoms with E-state index in [9.17, 15) is 5.11 Å². The zero-order valence-corrected chi connectivity index (χ0v) is 10.7. The molecule has 0 radical (unpaired) electrons. The van der Waals surface area contributed by atoms with Gasteiger partial charge >= 0.3 is 0 Å². The van der Waals surface area contributed by atoms with Crippen molar-refractivity contribution >= 4 is 0 Å². The summed E-state index contributed by atoms with van der Waals surface area (Å²) >= 11 is 0. The quantitative estimate of drug-likeness (QED) is 0.865. The number of hydrogen-bond donors (Lipinski definition) is 2. The van der Waals surface area contributed by atoms with Crippen LogP contribution in [0.15, 0.2) is 48.8 Å². The maximum absolute atomic E-state index is 9.27. The monoisotopic (exact) mass is 242 g/mol. The standard InChI is InChI=1S/C15H18N2O/c1-11(13-5-7-15(18)8-6-13)17-12(2)14-4-3-9-16-10-14/h3-12,17-18H,1-2H3. The third-order valence-electron chi connectivity index (χ3n) is 3.08. The van der Waals surface area contributed by atoms with Crippen molar-refractivity contribution in [1.29, 1.82) is 0 Å². The Morgan fingerprint density at radius 1 is 1.00 bits per heavy atom. The summed E-state index contributed by atoms with van der Waals surface area (Å²) in [6, 6.07) is 11.8. The number of phenols is 1. The van der Waals surface area contributed by atoms with Crippen molar-refractivity contribution in [3.63, 3.8) is 0 Å². The van der Waals surface area contributed by atoms with Crippen molar-refractivity contribution < 1.29 is 5.11 Å². The molecule has 2 atom stereocenters. The summed E-state index contributed by atoms with van der Waals surface area (Å²) in [6.07, 6.45) is 3.65. The molecule has 0 saturated heterocycles. The Morgan fingerprint density at radius 3 is 2.28 bits per heavy atom. The lowest BCUT2D eigenvalue weighted by atomic mass is 10.1. The zero-order chi connectivity index (χ0) is 13.0. The van der Waals surface area contributed by atoms with Crippen LogP contribution in [0.4, 0.5) is 0 Å². The summed E-state index contributed by atoms with van der Waals surface area (Å²) in [5.74, 6) is 0.297. The molecule has 0 aliphatic carbocycles. The summed E-state index contributed by atoms with van der Waals surface area (Å²) in [4.78, 5) is 4.12. The molecule has 3 nitrogen and oxygen atoms in total. The third-order valence-corrected chi connectivity index (χ3v) is 3.08. The highest BCUT2D eigenvalue weighted by atomic mass is 16.3. The summed E-state index contributed by atoms with van der Waals surface area (Å²) in [7, 11) is 0. The van der Waals surface area contributed by atoms with Crippen molar-refractivity contribution in [1.82, 2.24) is 10.3 Å².